The molecule has 34 heavy (non-hydrogen) atoms. The number of nitrogens with one attached hydrogen (secondary N) is 1. The first-order chi connectivity index (χ1) is 16.6. The fourth-order valence-corrected chi connectivity index (χ4v) is 4.95. The molecule has 2 aromatic carbocycles. The van der Waals surface area contributed by atoms with Crippen molar-refractivity contribution in [1.82, 2.24) is 4.98 Å². The number of benzene rings is 2. The predicted molar refractivity (Wildman–Crippen MR) is 136 cm³/mol. The molecule has 0 bridgehead atoms. The Hall–Kier alpha value is -3.44. The Morgan fingerprint density at radius 1 is 0.971 bits per heavy atom. The average molecular weight is 472 g/mol. The van der Waals surface area contributed by atoms with Crippen molar-refractivity contribution in [3.05, 3.63) is 94.3 Å². The maximum absolute atomic E-state index is 13.2. The standard InChI is InChI=1S/C28H26ClN3O2/c29-21-10-8-19(9-11-21)24-6-1-2-7-25(24)28(34)31-23-12-13-26-20(17-23)14-16-32(26)27(33)18-22-5-3-4-15-30-22/h3-5,8-13,15,17H,1-2,6-7,14,16,18H2,(H,31,34). The molecular weight excluding hydrogens is 446 g/mol. The summed E-state index contributed by atoms with van der Waals surface area (Å²) in [4.78, 5) is 32.1. The molecule has 2 amide bonds. The summed E-state index contributed by atoms with van der Waals surface area (Å²) in [5, 5.41) is 3.79. The van der Waals surface area contributed by atoms with Crippen LogP contribution in [0.1, 0.15) is 42.5 Å². The molecule has 0 saturated carbocycles. The minimum Gasteiger partial charge on any atom is -0.322 e. The first-order valence-electron chi connectivity index (χ1n) is 11.7. The lowest BCUT2D eigenvalue weighted by Gasteiger charge is -2.21. The molecule has 0 fully saturated rings. The van der Waals surface area contributed by atoms with E-state index in [1.807, 2.05) is 65.6 Å². The average Bonchev–Trinajstić information content (AvgIpc) is 3.29. The lowest BCUT2D eigenvalue weighted by molar-refractivity contribution is -0.118. The Balaban J connectivity index is 1.32. The zero-order chi connectivity index (χ0) is 23.5. The molecule has 0 atom stereocenters. The summed E-state index contributed by atoms with van der Waals surface area (Å²) >= 11 is 6.05. The van der Waals surface area contributed by atoms with E-state index in [0.29, 0.717) is 11.6 Å². The van der Waals surface area contributed by atoms with Crippen LogP contribution < -0.4 is 10.2 Å². The van der Waals surface area contributed by atoms with Crippen LogP contribution in [0.3, 0.4) is 0 Å². The minimum absolute atomic E-state index is 0.0363. The third-order valence-corrected chi connectivity index (χ3v) is 6.78. The third-order valence-electron chi connectivity index (χ3n) is 6.53. The summed E-state index contributed by atoms with van der Waals surface area (Å²) in [6.45, 7) is 0.643. The van der Waals surface area contributed by atoms with E-state index in [9.17, 15) is 9.59 Å². The number of allylic oxidation sites excluding steroid dienone is 1. The summed E-state index contributed by atoms with van der Waals surface area (Å²) in [6.07, 6.45) is 6.50. The second-order valence-electron chi connectivity index (χ2n) is 8.76. The molecule has 0 spiro atoms. The number of rotatable bonds is 5. The molecule has 0 radical (unpaired) electrons. The maximum atomic E-state index is 13.2. The predicted octanol–water partition coefficient (Wildman–Crippen LogP) is 5.83. The van der Waals surface area contributed by atoms with Gasteiger partial charge in [0.2, 0.25) is 5.91 Å². The number of pyridine rings is 1. The van der Waals surface area contributed by atoms with Gasteiger partial charge < -0.3 is 10.2 Å². The van der Waals surface area contributed by atoms with Gasteiger partial charge in [-0.1, -0.05) is 29.8 Å². The molecule has 1 aliphatic heterocycles. The van der Waals surface area contributed by atoms with Gasteiger partial charge in [0.05, 0.1) is 6.42 Å². The highest BCUT2D eigenvalue weighted by atomic mass is 35.5. The minimum atomic E-state index is -0.0503. The summed E-state index contributed by atoms with van der Waals surface area (Å²) in [7, 11) is 0. The van der Waals surface area contributed by atoms with Crippen LogP contribution >= 0.6 is 11.6 Å². The van der Waals surface area contributed by atoms with E-state index in [4.69, 9.17) is 11.6 Å². The van der Waals surface area contributed by atoms with Crippen LogP contribution in [0.5, 0.6) is 0 Å². The Morgan fingerprint density at radius 3 is 2.59 bits per heavy atom. The Kier molecular flexibility index (Phi) is 6.45. The number of aromatic nitrogens is 1. The van der Waals surface area contributed by atoms with Crippen molar-refractivity contribution in [2.24, 2.45) is 0 Å². The maximum Gasteiger partial charge on any atom is 0.251 e. The van der Waals surface area contributed by atoms with Crippen LogP contribution in [0.4, 0.5) is 11.4 Å². The molecule has 172 valence electrons. The van der Waals surface area contributed by atoms with Gasteiger partial charge in [0.25, 0.3) is 5.91 Å². The van der Waals surface area contributed by atoms with Crippen LogP contribution in [0.2, 0.25) is 5.02 Å². The monoisotopic (exact) mass is 471 g/mol. The zero-order valence-corrected chi connectivity index (χ0v) is 19.6. The van der Waals surface area contributed by atoms with Crippen molar-refractivity contribution < 1.29 is 9.59 Å². The first kappa shape index (κ1) is 22.4. The molecule has 5 nitrogen and oxygen atoms in total. The van der Waals surface area contributed by atoms with Gasteiger partial charge in [0, 0.05) is 40.4 Å². The molecule has 3 aromatic rings. The number of anilines is 2. The molecular formula is C28H26ClN3O2. The number of amides is 2. The number of nitrogens with zero attached hydrogens (tertiary/aromatic N) is 2. The van der Waals surface area contributed by atoms with Crippen molar-refractivity contribution in [3.8, 4) is 0 Å². The molecule has 6 heteroatoms. The molecule has 0 unspecified atom stereocenters. The van der Waals surface area contributed by atoms with E-state index in [0.717, 1.165) is 71.4 Å². The van der Waals surface area contributed by atoms with E-state index in [1.54, 1.807) is 6.20 Å². The molecule has 5 rings (SSSR count). The van der Waals surface area contributed by atoms with Crippen molar-refractivity contribution in [1.29, 1.82) is 0 Å². The molecule has 2 heterocycles. The van der Waals surface area contributed by atoms with Gasteiger partial charge in [0.1, 0.15) is 0 Å². The lowest BCUT2D eigenvalue weighted by Crippen LogP contribution is -2.30. The van der Waals surface area contributed by atoms with Crippen LogP contribution in [0.25, 0.3) is 5.57 Å². The number of hydrogen-bond acceptors (Lipinski definition) is 3. The highest BCUT2D eigenvalue weighted by molar-refractivity contribution is 6.30. The van der Waals surface area contributed by atoms with Crippen molar-refractivity contribution in [2.75, 3.05) is 16.8 Å². The fourth-order valence-electron chi connectivity index (χ4n) is 4.82. The number of hydrogen-bond donors (Lipinski definition) is 1. The largest absolute Gasteiger partial charge is 0.322 e. The Bertz CT molecular complexity index is 1250. The molecule has 0 saturated heterocycles. The summed E-state index contributed by atoms with van der Waals surface area (Å²) < 4.78 is 0. The first-order valence-corrected chi connectivity index (χ1v) is 12.1. The topological polar surface area (TPSA) is 62.3 Å². The number of fused-ring (bicyclic) bond motifs is 1. The van der Waals surface area contributed by atoms with Gasteiger partial charge in [0.15, 0.2) is 0 Å². The molecule has 1 N–H and O–H groups in total. The smallest absolute Gasteiger partial charge is 0.251 e. The van der Waals surface area contributed by atoms with Gasteiger partial charge in [-0.05, 0) is 91.3 Å². The van der Waals surface area contributed by atoms with Gasteiger partial charge in [-0.3, -0.25) is 14.6 Å². The van der Waals surface area contributed by atoms with Gasteiger partial charge in [-0.2, -0.15) is 0 Å². The van der Waals surface area contributed by atoms with Crippen molar-refractivity contribution >= 4 is 40.4 Å². The van der Waals surface area contributed by atoms with Crippen LogP contribution in [0, 0.1) is 0 Å². The zero-order valence-electron chi connectivity index (χ0n) is 18.9. The molecule has 1 aromatic heterocycles. The van der Waals surface area contributed by atoms with E-state index >= 15 is 0 Å². The Morgan fingerprint density at radius 2 is 1.79 bits per heavy atom. The molecule has 2 aliphatic rings. The van der Waals surface area contributed by atoms with Crippen LogP contribution in [0.15, 0.2) is 72.4 Å². The van der Waals surface area contributed by atoms with E-state index in [-0.39, 0.29) is 18.2 Å². The highest BCUT2D eigenvalue weighted by Gasteiger charge is 2.26. The van der Waals surface area contributed by atoms with Crippen LogP contribution in [-0.4, -0.2) is 23.3 Å². The number of carbonyl (C=O) groups is 2. The van der Waals surface area contributed by atoms with Crippen LogP contribution in [-0.2, 0) is 22.4 Å². The third kappa shape index (κ3) is 4.75. The van der Waals surface area contributed by atoms with Gasteiger partial charge in [-0.15, -0.1) is 0 Å². The number of carbonyl (C=O) groups excluding carboxylic acids is 2. The Labute approximate surface area is 204 Å². The summed E-state index contributed by atoms with van der Waals surface area (Å²) in [6, 6.07) is 19.1. The molecule has 1 aliphatic carbocycles. The van der Waals surface area contributed by atoms with Gasteiger partial charge >= 0.3 is 0 Å². The number of halogens is 1. The van der Waals surface area contributed by atoms with Crippen molar-refractivity contribution in [2.45, 2.75) is 38.5 Å². The fraction of sp³-hybridized carbons (Fsp3) is 0.250. The highest BCUT2D eigenvalue weighted by Crippen LogP contribution is 2.35. The van der Waals surface area contributed by atoms with Gasteiger partial charge in [-0.25, -0.2) is 0 Å². The van der Waals surface area contributed by atoms with Crippen molar-refractivity contribution in [3.63, 3.8) is 0 Å². The second kappa shape index (κ2) is 9.82. The van der Waals surface area contributed by atoms with E-state index in [2.05, 4.69) is 10.3 Å². The second-order valence-corrected chi connectivity index (χ2v) is 9.20. The van der Waals surface area contributed by atoms with E-state index < -0.39 is 0 Å². The van der Waals surface area contributed by atoms with E-state index in [1.165, 1.54) is 0 Å². The lowest BCUT2D eigenvalue weighted by atomic mass is 9.87. The summed E-state index contributed by atoms with van der Waals surface area (Å²) in [5.41, 5.74) is 6.53. The summed E-state index contributed by atoms with van der Waals surface area (Å²) in [5.74, 6) is -0.0140. The quantitative estimate of drug-likeness (QED) is 0.509. The SMILES string of the molecule is O=C(Nc1ccc2c(c1)CCN2C(=O)Cc1ccccn1)C1=C(c2ccc(Cl)cc2)CCCC1. The normalized spacial score (nSPS) is 15.3.